The quantitative estimate of drug-likeness (QED) is 0.0409. The van der Waals surface area contributed by atoms with Gasteiger partial charge in [0.15, 0.2) is 42.1 Å². The van der Waals surface area contributed by atoms with Crippen LogP contribution in [-0.4, -0.2) is 226 Å². The summed E-state index contributed by atoms with van der Waals surface area (Å²) in [5.74, 6) is -18.3. The van der Waals surface area contributed by atoms with E-state index in [1.54, 1.807) is 0 Å². The highest BCUT2D eigenvalue weighted by Gasteiger charge is 2.53. The van der Waals surface area contributed by atoms with Crippen LogP contribution < -0.4 is 61.5 Å². The molecule has 0 radical (unpaired) electrons. The lowest BCUT2D eigenvalue weighted by Gasteiger charge is -2.43. The van der Waals surface area contributed by atoms with Crippen molar-refractivity contribution in [3.8, 4) is 62.9 Å². The number of carboxylic acid groups (broad SMARTS) is 2. The molecule has 0 aromatic heterocycles. The number of aliphatic carboxylic acids is 2. The Hall–Kier alpha value is -11.9. The first-order valence-corrected chi connectivity index (χ1v) is 40.8. The second-order valence-electron chi connectivity index (χ2n) is 31.5. The fraction of sp³-hybridized carbons (Fsp3) is 0.412. The number of ether oxygens (including phenoxy) is 8. The van der Waals surface area contributed by atoms with Gasteiger partial charge in [-0.05, 0) is 120 Å². The number of hydrogen-bond donors (Lipinski definition) is 20. The summed E-state index contributed by atoms with van der Waals surface area (Å²) in [6.07, 6.45) is -18.1. The number of esters is 1. The molecule has 9 aliphatic rings. The number of carbonyl (C=O) groups is 10. The van der Waals surface area contributed by atoms with Crippen molar-refractivity contribution in [2.45, 2.75) is 201 Å². The zero-order chi connectivity index (χ0) is 89.8. The van der Waals surface area contributed by atoms with Gasteiger partial charge >= 0.3 is 17.9 Å². The molecule has 15 rings (SSSR count). The first-order chi connectivity index (χ1) is 59.5. The Kier molecular flexibility index (Phi) is 28.1. The van der Waals surface area contributed by atoms with E-state index in [-0.39, 0.29) is 34.8 Å². The lowest BCUT2D eigenvalue weighted by atomic mass is 9.89. The maximum Gasteiger partial charge on any atom is 0.335 e. The Morgan fingerprint density at radius 2 is 1.27 bits per heavy atom. The molecule has 2 unspecified atom stereocenters. The van der Waals surface area contributed by atoms with Crippen molar-refractivity contribution < 1.29 is 147 Å². The van der Waals surface area contributed by atoms with Gasteiger partial charge in [0.2, 0.25) is 47.6 Å². The molecule has 7 amide bonds. The summed E-state index contributed by atoms with van der Waals surface area (Å²) < 4.78 is 49.6. The van der Waals surface area contributed by atoms with Gasteiger partial charge < -0.3 is 142 Å². The summed E-state index contributed by atoms with van der Waals surface area (Å²) in [6.45, 7) is 4.51. The highest BCUT2D eigenvalue weighted by molar-refractivity contribution is 6.33. The predicted molar refractivity (Wildman–Crippen MR) is 433 cm³/mol. The van der Waals surface area contributed by atoms with Gasteiger partial charge in [-0.3, -0.25) is 38.4 Å². The van der Waals surface area contributed by atoms with Gasteiger partial charge in [-0.25, -0.2) is 9.59 Å². The smallest absolute Gasteiger partial charge is 0.335 e. The maximum atomic E-state index is 16.7. The molecule has 0 spiro atoms. The van der Waals surface area contributed by atoms with Crippen molar-refractivity contribution in [3.63, 3.8) is 0 Å². The van der Waals surface area contributed by atoms with Crippen molar-refractivity contribution in [2.75, 3.05) is 13.7 Å². The highest BCUT2D eigenvalue weighted by Crippen LogP contribution is 2.48. The summed E-state index contributed by atoms with van der Waals surface area (Å²) in [7, 11) is 1.42. The molecule has 6 aromatic rings. The normalized spacial score (nSPS) is 28.0. The van der Waals surface area contributed by atoms with Gasteiger partial charge in [-0.1, -0.05) is 106 Å². The second kappa shape index (κ2) is 38.7. The van der Waals surface area contributed by atoms with Gasteiger partial charge in [0.25, 0.3) is 0 Å². The number of benzene rings is 6. The Balaban J connectivity index is 1.01. The number of hydrogen-bond acceptors (Lipinski definition) is 29. The zero-order valence-corrected chi connectivity index (χ0v) is 68.6. The number of aliphatic hydroxyl groups excluding tert-OH is 6. The van der Waals surface area contributed by atoms with Crippen molar-refractivity contribution in [2.24, 2.45) is 5.92 Å². The minimum Gasteiger partial charge on any atom is -0.508 e. The summed E-state index contributed by atoms with van der Waals surface area (Å²) in [4.78, 5) is 148. The second-order valence-corrected chi connectivity index (χ2v) is 32.3. The molecule has 20 N–H and O–H groups in total. The van der Waals surface area contributed by atoms with Gasteiger partial charge in [-0.15, -0.1) is 0 Å². The number of carbonyl (C=O) groups excluding carboxylic acids is 8. The molecule has 8 aliphatic heterocycles. The number of unbranched alkanes of at least 4 members (excludes halogenated alkanes) is 5. The van der Waals surface area contributed by atoms with E-state index in [0.717, 1.165) is 112 Å². The lowest BCUT2D eigenvalue weighted by molar-refractivity contribution is -0.278. The van der Waals surface area contributed by atoms with Crippen molar-refractivity contribution >= 4 is 82.5 Å². The van der Waals surface area contributed by atoms with E-state index in [1.807, 2.05) is 0 Å². The fourth-order valence-corrected chi connectivity index (χ4v) is 16.1. The van der Waals surface area contributed by atoms with Crippen molar-refractivity contribution in [1.82, 2.24) is 42.5 Å². The van der Waals surface area contributed by atoms with E-state index >= 15 is 24.0 Å². The Morgan fingerprint density at radius 3 is 1.98 bits per heavy atom. The van der Waals surface area contributed by atoms with Crippen LogP contribution in [0.4, 0.5) is 0 Å². The zero-order valence-electron chi connectivity index (χ0n) is 67.1. The molecular weight excluding hydrogens is 1680 g/mol. The third-order valence-corrected chi connectivity index (χ3v) is 22.9. The highest BCUT2D eigenvalue weighted by atomic mass is 35.5. The SMILES string of the molecule is CN[C@H]1C(=O)N[C@@H]2Cc3ccc(cc3)OC3=CC4=CC(Oc5ccc(cc5Cl)[C@@H](O)[C@@H]5NC(=O)[C@H](NC(=O)[C@@H]4NC(=O)[C@@H](NC2=O)c2cc(cc(O)c2Cl)Oc2cc1ccc2O)c1ccc(O)c(c1)-c1c(O[C@H]2O[C@H](COC(C)=O)[C@@H](O)[C@H](O)[C@@H]2O)cc(O)cc1[C@@H](C(=O)O)NC5=O)C3O[C@@H]1O[C@H](C(=O)O)[C@@H](O)[C@H](O)[C@H]1NC(=O)CCCCCCCCC(C)C. The number of carboxylic acids is 2. The van der Waals surface area contributed by atoms with Crippen molar-refractivity contribution in [1.29, 1.82) is 0 Å². The monoisotopic (exact) mass is 1770 g/mol. The van der Waals surface area contributed by atoms with Crippen LogP contribution in [0.25, 0.3) is 11.1 Å². The average molecular weight is 1780 g/mol. The fourth-order valence-electron chi connectivity index (χ4n) is 15.7. The molecule has 125 heavy (non-hydrogen) atoms. The Morgan fingerprint density at radius 1 is 0.592 bits per heavy atom. The molecule has 38 nitrogen and oxygen atoms in total. The summed E-state index contributed by atoms with van der Waals surface area (Å²) in [6, 6.07) is 2.55. The number of amides is 7. The lowest BCUT2D eigenvalue weighted by Crippen LogP contribution is -2.66. The average Bonchev–Trinajstić information content (AvgIpc) is 0.756. The number of rotatable bonds is 19. The third-order valence-electron chi connectivity index (χ3n) is 22.2. The van der Waals surface area contributed by atoms with Gasteiger partial charge in [0.05, 0.1) is 10.0 Å². The molecule has 1 aliphatic carbocycles. The molecular formula is C85H92Cl2N8O30. The van der Waals surface area contributed by atoms with E-state index in [0.29, 0.717) is 24.3 Å². The van der Waals surface area contributed by atoms with Crippen LogP contribution in [0.3, 0.4) is 0 Å². The van der Waals surface area contributed by atoms with Crippen LogP contribution in [0, 0.1) is 5.92 Å². The third kappa shape index (κ3) is 20.2. The summed E-state index contributed by atoms with van der Waals surface area (Å²) in [5.41, 5.74) is -3.26. The number of phenols is 4. The van der Waals surface area contributed by atoms with Gasteiger partial charge in [-0.2, -0.15) is 0 Å². The number of likely N-dealkylation sites (N-methyl/N-ethyl adjacent to an activating group) is 1. The van der Waals surface area contributed by atoms with E-state index in [4.69, 9.17) is 61.1 Å². The van der Waals surface area contributed by atoms with E-state index in [1.165, 1.54) is 49.5 Å². The molecule has 20 atom stereocenters. The van der Waals surface area contributed by atoms with Crippen LogP contribution in [0.2, 0.25) is 10.0 Å². The molecule has 8 heterocycles. The van der Waals surface area contributed by atoms with E-state index in [9.17, 15) is 85.3 Å². The minimum absolute atomic E-state index is 0.124. The predicted octanol–water partition coefficient (Wildman–Crippen LogP) is 3.16. The molecule has 2 fully saturated rings. The van der Waals surface area contributed by atoms with Crippen LogP contribution in [0.1, 0.15) is 136 Å². The standard InChI is InChI=1S/C85H92Cl2N8O30/c1-34(2)11-9-7-5-6-8-10-12-58(101)90-67-70(104)72(106)75(83(116)117)125-84(67)124-74-55-27-40-28-56(74)121-52-22-17-39(25-47(52)86)68(102)66-81(113)94-65(82(114)115)45-29-41(97)30-54(122-85-73(107)71(105)69(103)57(123-85)33-118-35(3)96)59(45)44-24-37(15-20-49(44)98)62(78(110)95-66)91-79(111)63(40)92-80(112)64-46-31-43(32-51(100)60(46)87)120-53-26-38(16-21-50(53)99)61(88-4)77(109)89-48(76(108)93-64)23-36-13-18-42(119-55)19-14-36/h13-22,24-32,34,48,56-57,61-75,84-85,88,97-100,102-107H,5-12,23,33H2,1-4H3,(H,89,109)(H,90,101)(H,91,111)(H,92,112)(H,93,108)(H,94,113)(H,95,110)(H,114,115)(H,116,117)/t48-,56?,57-,61-,62-,63-,64+,65+,66+,67-,68-,69-,70-,71+,72+,73+,74?,75+,84-,85+/m1/s1. The maximum absolute atomic E-state index is 16.7. The topological polar surface area (TPSA) is 584 Å². The minimum atomic E-state index is -2.45. The molecule has 6 aromatic carbocycles. The first kappa shape index (κ1) is 90.8. The number of halogens is 2. The molecule has 17 bridgehead atoms. The number of aliphatic hydroxyl groups is 6. The first-order valence-electron chi connectivity index (χ1n) is 40.0. The van der Waals surface area contributed by atoms with Crippen molar-refractivity contribution in [3.05, 3.63) is 170 Å². The molecule has 2 saturated heterocycles. The van der Waals surface area contributed by atoms with E-state index in [2.05, 4.69) is 56.4 Å². The number of aromatic hydroxyl groups is 4. The number of nitrogens with one attached hydrogen (secondary N) is 8. The van der Waals surface area contributed by atoms with E-state index < -0.39 is 278 Å². The van der Waals surface area contributed by atoms with Crippen LogP contribution in [0.5, 0.6) is 51.7 Å². The van der Waals surface area contributed by atoms with Crippen LogP contribution in [-0.2, 0) is 73.3 Å². The molecule has 0 saturated carbocycles. The van der Waals surface area contributed by atoms with Crippen LogP contribution in [0.15, 0.2) is 127 Å². The van der Waals surface area contributed by atoms with Gasteiger partial charge in [0, 0.05) is 54.2 Å². The largest absolute Gasteiger partial charge is 0.508 e. The Labute approximate surface area is 721 Å². The number of fused-ring (bicyclic) bond motifs is 14. The van der Waals surface area contributed by atoms with Crippen LogP contribution >= 0.6 is 23.2 Å². The van der Waals surface area contributed by atoms with Gasteiger partial charge in [0.1, 0.15) is 138 Å². The molecule has 40 heteroatoms. The Bertz CT molecular complexity index is 5230. The summed E-state index contributed by atoms with van der Waals surface area (Å²) in [5, 5.41) is 158. The molecule has 666 valence electrons. The summed E-state index contributed by atoms with van der Waals surface area (Å²) >= 11 is 14.2. The number of phenolic OH excluding ortho intramolecular Hbond substituents is 4.